The smallest absolute Gasteiger partial charge is 0.335 e. The van der Waals surface area contributed by atoms with Crippen molar-refractivity contribution in [1.82, 2.24) is 19.7 Å². The zero-order valence-corrected chi connectivity index (χ0v) is 19.1. The molecular formula is C26H19N5O3S. The van der Waals surface area contributed by atoms with Gasteiger partial charge in [-0.2, -0.15) is 0 Å². The largest absolute Gasteiger partial charge is 0.478 e. The number of benzene rings is 3. The van der Waals surface area contributed by atoms with Crippen molar-refractivity contribution in [1.29, 1.82) is 0 Å². The molecule has 0 atom stereocenters. The molecule has 0 aliphatic carbocycles. The predicted octanol–water partition coefficient (Wildman–Crippen LogP) is 4.91. The molecule has 0 bridgehead atoms. The number of carbonyl (C=O) groups excluding carboxylic acids is 1. The molecule has 35 heavy (non-hydrogen) atoms. The van der Waals surface area contributed by atoms with Crippen LogP contribution in [-0.2, 0) is 4.79 Å². The Morgan fingerprint density at radius 2 is 1.60 bits per heavy atom. The van der Waals surface area contributed by atoms with Crippen LogP contribution in [0, 0.1) is 0 Å². The standard InChI is InChI=1S/C26H19N5O3S/c32-23(27-19-13-10-18(11-14-19)25(33)34)16-35-26-30-29-24(31(26)20-7-2-1-3-8-20)22-15-12-17-6-4-5-9-21(17)28-22/h1-15H,16H2,(H,27,32)(H,33,34). The lowest BCUT2D eigenvalue weighted by Gasteiger charge is -2.10. The Morgan fingerprint density at radius 1 is 0.857 bits per heavy atom. The predicted molar refractivity (Wildman–Crippen MR) is 135 cm³/mol. The van der Waals surface area contributed by atoms with Gasteiger partial charge in [0.1, 0.15) is 5.69 Å². The highest BCUT2D eigenvalue weighted by Gasteiger charge is 2.18. The maximum absolute atomic E-state index is 12.6. The number of carboxylic acids is 1. The van der Waals surface area contributed by atoms with E-state index >= 15 is 0 Å². The first-order valence-corrected chi connectivity index (χ1v) is 11.7. The van der Waals surface area contributed by atoms with Crippen LogP contribution in [-0.4, -0.2) is 42.5 Å². The Kier molecular flexibility index (Phi) is 6.23. The summed E-state index contributed by atoms with van der Waals surface area (Å²) in [4.78, 5) is 28.3. The molecule has 8 nitrogen and oxygen atoms in total. The minimum atomic E-state index is -1.02. The van der Waals surface area contributed by atoms with Gasteiger partial charge >= 0.3 is 5.97 Å². The van der Waals surface area contributed by atoms with Crippen molar-refractivity contribution in [3.63, 3.8) is 0 Å². The van der Waals surface area contributed by atoms with Crippen molar-refractivity contribution in [2.24, 2.45) is 0 Å². The molecule has 9 heteroatoms. The van der Waals surface area contributed by atoms with E-state index in [1.165, 1.54) is 23.9 Å². The van der Waals surface area contributed by atoms with Crippen molar-refractivity contribution in [3.05, 3.63) is 96.6 Å². The molecular weight excluding hydrogens is 462 g/mol. The van der Waals surface area contributed by atoms with Crippen LogP contribution in [0.15, 0.2) is 96.2 Å². The summed E-state index contributed by atoms with van der Waals surface area (Å²) >= 11 is 1.25. The third kappa shape index (κ3) is 4.90. The molecule has 0 radical (unpaired) electrons. The summed E-state index contributed by atoms with van der Waals surface area (Å²) in [5, 5.41) is 22.1. The molecule has 0 aliphatic rings. The maximum Gasteiger partial charge on any atom is 0.335 e. The van der Waals surface area contributed by atoms with Crippen molar-refractivity contribution in [2.75, 3.05) is 11.1 Å². The number of nitrogens with one attached hydrogen (secondary N) is 1. The monoisotopic (exact) mass is 481 g/mol. The molecule has 2 heterocycles. The number of carbonyl (C=O) groups is 2. The molecule has 0 fully saturated rings. The van der Waals surface area contributed by atoms with E-state index in [1.807, 2.05) is 71.3 Å². The number of fused-ring (bicyclic) bond motifs is 1. The topological polar surface area (TPSA) is 110 Å². The van der Waals surface area contributed by atoms with Gasteiger partial charge in [-0.15, -0.1) is 10.2 Å². The molecule has 5 rings (SSSR count). The van der Waals surface area contributed by atoms with Crippen LogP contribution >= 0.6 is 11.8 Å². The highest BCUT2D eigenvalue weighted by molar-refractivity contribution is 7.99. The Bertz CT molecular complexity index is 1520. The number of aromatic carboxylic acids is 1. The van der Waals surface area contributed by atoms with E-state index in [4.69, 9.17) is 10.1 Å². The first-order valence-electron chi connectivity index (χ1n) is 10.7. The van der Waals surface area contributed by atoms with Crippen LogP contribution < -0.4 is 5.32 Å². The van der Waals surface area contributed by atoms with Gasteiger partial charge in [0, 0.05) is 16.8 Å². The highest BCUT2D eigenvalue weighted by atomic mass is 32.2. The van der Waals surface area contributed by atoms with Crippen LogP contribution in [0.4, 0.5) is 5.69 Å². The first-order chi connectivity index (χ1) is 17.1. The fraction of sp³-hybridized carbons (Fsp3) is 0.0385. The summed E-state index contributed by atoms with van der Waals surface area (Å²) in [6.07, 6.45) is 0. The molecule has 2 N–H and O–H groups in total. The van der Waals surface area contributed by atoms with Gasteiger partial charge < -0.3 is 10.4 Å². The fourth-order valence-electron chi connectivity index (χ4n) is 3.55. The van der Waals surface area contributed by atoms with Gasteiger partial charge in [-0.25, -0.2) is 9.78 Å². The molecule has 2 aromatic heterocycles. The summed E-state index contributed by atoms with van der Waals surface area (Å²) in [6.45, 7) is 0. The van der Waals surface area contributed by atoms with Crippen LogP contribution in [0.1, 0.15) is 10.4 Å². The number of para-hydroxylation sites is 2. The average molecular weight is 482 g/mol. The minimum absolute atomic E-state index is 0.0940. The number of aromatic nitrogens is 4. The van der Waals surface area contributed by atoms with Gasteiger partial charge in [-0.1, -0.05) is 54.2 Å². The molecule has 0 unspecified atom stereocenters. The van der Waals surface area contributed by atoms with Gasteiger partial charge in [-0.3, -0.25) is 9.36 Å². The number of thioether (sulfide) groups is 1. The molecule has 172 valence electrons. The van der Waals surface area contributed by atoms with Crippen molar-refractivity contribution in [2.45, 2.75) is 5.16 Å². The molecule has 0 saturated carbocycles. The third-order valence-corrected chi connectivity index (χ3v) is 6.15. The second kappa shape index (κ2) is 9.78. The Balaban J connectivity index is 1.40. The number of carboxylic acid groups (broad SMARTS) is 1. The minimum Gasteiger partial charge on any atom is -0.478 e. The second-order valence-corrected chi connectivity index (χ2v) is 8.53. The number of hydrogen-bond acceptors (Lipinski definition) is 6. The number of amides is 1. The lowest BCUT2D eigenvalue weighted by Crippen LogP contribution is -2.14. The fourth-order valence-corrected chi connectivity index (χ4v) is 4.30. The number of hydrogen-bond donors (Lipinski definition) is 2. The molecule has 0 spiro atoms. The zero-order chi connectivity index (χ0) is 24.2. The number of nitrogens with zero attached hydrogens (tertiary/aromatic N) is 4. The van der Waals surface area contributed by atoms with Crippen LogP contribution in [0.2, 0.25) is 0 Å². The Labute approximate surface area is 204 Å². The van der Waals surface area contributed by atoms with E-state index in [9.17, 15) is 9.59 Å². The molecule has 5 aromatic rings. The quantitative estimate of drug-likeness (QED) is 0.318. The lowest BCUT2D eigenvalue weighted by atomic mass is 10.2. The number of rotatable bonds is 7. The van der Waals surface area contributed by atoms with Gasteiger partial charge in [0.25, 0.3) is 0 Å². The van der Waals surface area contributed by atoms with E-state index in [-0.39, 0.29) is 17.2 Å². The van der Waals surface area contributed by atoms with Crippen LogP contribution in [0.3, 0.4) is 0 Å². The molecule has 3 aromatic carbocycles. The third-order valence-electron chi connectivity index (χ3n) is 5.22. The van der Waals surface area contributed by atoms with Gasteiger partial charge in [0.15, 0.2) is 11.0 Å². The SMILES string of the molecule is O=C(CSc1nnc(-c2ccc3ccccc3n2)n1-c1ccccc1)Nc1ccc(C(=O)O)cc1. The summed E-state index contributed by atoms with van der Waals surface area (Å²) in [5.41, 5.74) is 3.06. The van der Waals surface area contributed by atoms with Crippen LogP contribution in [0.5, 0.6) is 0 Å². The lowest BCUT2D eigenvalue weighted by molar-refractivity contribution is -0.113. The van der Waals surface area contributed by atoms with Gasteiger partial charge in [0.05, 0.1) is 16.8 Å². The van der Waals surface area contributed by atoms with E-state index in [0.717, 1.165) is 16.6 Å². The zero-order valence-electron chi connectivity index (χ0n) is 18.3. The Hall–Kier alpha value is -4.50. The van der Waals surface area contributed by atoms with E-state index in [2.05, 4.69) is 15.5 Å². The molecule has 0 saturated heterocycles. The summed E-state index contributed by atoms with van der Waals surface area (Å²) in [7, 11) is 0. The first kappa shape index (κ1) is 22.3. The Morgan fingerprint density at radius 3 is 2.37 bits per heavy atom. The average Bonchev–Trinajstić information content (AvgIpc) is 3.32. The van der Waals surface area contributed by atoms with Crippen molar-refractivity contribution >= 4 is 40.2 Å². The highest BCUT2D eigenvalue weighted by Crippen LogP contribution is 2.28. The van der Waals surface area contributed by atoms with Gasteiger partial charge in [-0.05, 0) is 48.5 Å². The van der Waals surface area contributed by atoms with Crippen LogP contribution in [0.25, 0.3) is 28.1 Å². The van der Waals surface area contributed by atoms with Crippen molar-refractivity contribution < 1.29 is 14.7 Å². The van der Waals surface area contributed by atoms with Gasteiger partial charge in [0.2, 0.25) is 5.91 Å². The van der Waals surface area contributed by atoms with E-state index < -0.39 is 5.97 Å². The number of anilines is 1. The second-order valence-electron chi connectivity index (χ2n) is 7.59. The molecule has 0 aliphatic heterocycles. The van der Waals surface area contributed by atoms with Crippen molar-refractivity contribution in [3.8, 4) is 17.2 Å². The summed E-state index contributed by atoms with van der Waals surface area (Å²) < 4.78 is 1.89. The normalized spacial score (nSPS) is 10.9. The van der Waals surface area contributed by atoms with E-state index in [1.54, 1.807) is 12.1 Å². The summed E-state index contributed by atoms with van der Waals surface area (Å²) in [5.74, 6) is -0.591. The van der Waals surface area contributed by atoms with E-state index in [0.29, 0.717) is 22.4 Å². The summed E-state index contributed by atoms with van der Waals surface area (Å²) in [6, 6.07) is 27.4. The molecule has 1 amide bonds. The number of pyridine rings is 1. The maximum atomic E-state index is 12.6.